The first kappa shape index (κ1) is 9.04. The Labute approximate surface area is 73.9 Å². The van der Waals surface area contributed by atoms with Gasteiger partial charge in [0.25, 0.3) is 0 Å². The lowest BCUT2D eigenvalue weighted by Crippen LogP contribution is -1.87. The van der Waals surface area contributed by atoms with Gasteiger partial charge in [-0.1, -0.05) is 5.11 Å². The second kappa shape index (κ2) is 3.57. The van der Waals surface area contributed by atoms with Crippen molar-refractivity contribution in [2.45, 2.75) is 6.92 Å². The third-order valence-corrected chi connectivity index (χ3v) is 1.64. The molecule has 1 rings (SSSR count). The van der Waals surface area contributed by atoms with Crippen LogP contribution >= 0.6 is 0 Å². The Morgan fingerprint density at radius 1 is 1.62 bits per heavy atom. The van der Waals surface area contributed by atoms with E-state index in [1.54, 1.807) is 0 Å². The smallest absolute Gasteiger partial charge is 0.136 e. The van der Waals surface area contributed by atoms with Crippen LogP contribution in [0.15, 0.2) is 17.2 Å². The molecule has 0 fully saturated rings. The first-order chi connectivity index (χ1) is 6.20. The second-order valence-corrected chi connectivity index (χ2v) is 2.37. The maximum atomic E-state index is 13.2. The number of halogens is 1. The minimum atomic E-state index is -0.642. The molecule has 0 amide bonds. The summed E-state index contributed by atoms with van der Waals surface area (Å²) in [4.78, 5) is 2.47. The molecular formula is C8H5FN4. The summed E-state index contributed by atoms with van der Waals surface area (Å²) >= 11 is 0. The van der Waals surface area contributed by atoms with Crippen molar-refractivity contribution in [3.8, 4) is 6.07 Å². The van der Waals surface area contributed by atoms with Crippen LogP contribution in [-0.4, -0.2) is 0 Å². The highest BCUT2D eigenvalue weighted by molar-refractivity contribution is 5.49. The van der Waals surface area contributed by atoms with Crippen molar-refractivity contribution in [1.29, 1.82) is 5.26 Å². The number of nitriles is 1. The van der Waals surface area contributed by atoms with Gasteiger partial charge in [0.1, 0.15) is 5.82 Å². The van der Waals surface area contributed by atoms with E-state index in [1.807, 2.05) is 6.07 Å². The summed E-state index contributed by atoms with van der Waals surface area (Å²) in [6.07, 6.45) is 0. The summed E-state index contributed by atoms with van der Waals surface area (Å²) in [7, 11) is 0. The molecule has 13 heavy (non-hydrogen) atoms. The third kappa shape index (κ3) is 1.58. The van der Waals surface area contributed by atoms with Crippen molar-refractivity contribution in [2.24, 2.45) is 5.11 Å². The largest absolute Gasteiger partial charge is 0.206 e. The molecule has 1 aromatic carbocycles. The van der Waals surface area contributed by atoms with E-state index in [0.29, 0.717) is 0 Å². The first-order valence-corrected chi connectivity index (χ1v) is 3.45. The van der Waals surface area contributed by atoms with Gasteiger partial charge in [-0.2, -0.15) is 5.26 Å². The molecule has 0 saturated carbocycles. The predicted molar refractivity (Wildman–Crippen MR) is 44.7 cm³/mol. The van der Waals surface area contributed by atoms with E-state index in [-0.39, 0.29) is 16.8 Å². The van der Waals surface area contributed by atoms with E-state index < -0.39 is 5.82 Å². The van der Waals surface area contributed by atoms with Gasteiger partial charge in [0.05, 0.1) is 17.3 Å². The predicted octanol–water partition coefficient (Wildman–Crippen LogP) is 2.95. The minimum Gasteiger partial charge on any atom is -0.206 e. The molecule has 0 atom stereocenters. The van der Waals surface area contributed by atoms with Crippen molar-refractivity contribution in [3.63, 3.8) is 0 Å². The summed E-state index contributed by atoms with van der Waals surface area (Å²) in [5.41, 5.74) is 8.45. The summed E-state index contributed by atoms with van der Waals surface area (Å²) in [6, 6.07) is 4.53. The van der Waals surface area contributed by atoms with Gasteiger partial charge in [0, 0.05) is 10.5 Å². The Hall–Kier alpha value is -2.05. The Balaban J connectivity index is 3.41. The number of rotatable bonds is 1. The molecule has 0 N–H and O–H groups in total. The van der Waals surface area contributed by atoms with Gasteiger partial charge in [0.15, 0.2) is 0 Å². The average Bonchev–Trinajstić information content (AvgIpc) is 2.14. The Kier molecular flexibility index (Phi) is 2.48. The van der Waals surface area contributed by atoms with Crippen LogP contribution in [0.1, 0.15) is 11.1 Å². The zero-order valence-corrected chi connectivity index (χ0v) is 6.82. The molecular weight excluding hydrogens is 171 g/mol. The average molecular weight is 176 g/mol. The highest BCUT2D eigenvalue weighted by Crippen LogP contribution is 2.23. The lowest BCUT2D eigenvalue weighted by atomic mass is 10.1. The topological polar surface area (TPSA) is 72.5 Å². The maximum Gasteiger partial charge on any atom is 0.136 e. The van der Waals surface area contributed by atoms with Crippen molar-refractivity contribution in [2.75, 3.05) is 0 Å². The lowest BCUT2D eigenvalue weighted by Gasteiger charge is -2.00. The van der Waals surface area contributed by atoms with Gasteiger partial charge in [-0.25, -0.2) is 4.39 Å². The second-order valence-electron chi connectivity index (χ2n) is 2.37. The van der Waals surface area contributed by atoms with Gasteiger partial charge in [-0.15, -0.1) is 0 Å². The third-order valence-electron chi connectivity index (χ3n) is 1.64. The Morgan fingerprint density at radius 2 is 2.31 bits per heavy atom. The van der Waals surface area contributed by atoms with Gasteiger partial charge >= 0.3 is 0 Å². The van der Waals surface area contributed by atoms with E-state index in [0.717, 1.165) is 0 Å². The van der Waals surface area contributed by atoms with E-state index >= 15 is 0 Å². The quantitative estimate of drug-likeness (QED) is 0.368. The molecule has 0 aliphatic heterocycles. The van der Waals surface area contributed by atoms with Gasteiger partial charge in [-0.05, 0) is 24.6 Å². The Bertz CT molecular complexity index is 427. The van der Waals surface area contributed by atoms with Crippen molar-refractivity contribution >= 4 is 5.69 Å². The highest BCUT2D eigenvalue weighted by atomic mass is 19.1. The normalized spacial score (nSPS) is 8.69. The molecule has 4 nitrogen and oxygen atoms in total. The van der Waals surface area contributed by atoms with Gasteiger partial charge in [0.2, 0.25) is 0 Å². The SMILES string of the molecule is Cc1c(C#N)ccc(N=[N+]=[N-])c1F. The fraction of sp³-hybridized carbons (Fsp3) is 0.125. The molecule has 0 spiro atoms. The van der Waals surface area contributed by atoms with E-state index in [1.165, 1.54) is 19.1 Å². The van der Waals surface area contributed by atoms with Crippen molar-refractivity contribution in [1.82, 2.24) is 0 Å². The van der Waals surface area contributed by atoms with Crippen LogP contribution in [-0.2, 0) is 0 Å². The van der Waals surface area contributed by atoms with Crippen molar-refractivity contribution in [3.05, 3.63) is 39.5 Å². The number of azide groups is 1. The molecule has 0 unspecified atom stereocenters. The van der Waals surface area contributed by atoms with Crippen LogP contribution in [0.4, 0.5) is 10.1 Å². The van der Waals surface area contributed by atoms with Crippen LogP contribution in [0.3, 0.4) is 0 Å². The molecule has 0 aliphatic carbocycles. The summed E-state index contributed by atoms with van der Waals surface area (Å²) in [6.45, 7) is 1.46. The number of benzene rings is 1. The zero-order valence-electron chi connectivity index (χ0n) is 6.82. The molecule has 0 radical (unpaired) electrons. The van der Waals surface area contributed by atoms with Gasteiger partial charge < -0.3 is 0 Å². The molecule has 5 heteroatoms. The first-order valence-electron chi connectivity index (χ1n) is 3.45. The molecule has 64 valence electrons. The van der Waals surface area contributed by atoms with Crippen LogP contribution in [0, 0.1) is 24.1 Å². The molecule has 0 bridgehead atoms. The van der Waals surface area contributed by atoms with Crippen LogP contribution in [0.25, 0.3) is 10.4 Å². The molecule has 1 aromatic rings. The fourth-order valence-electron chi connectivity index (χ4n) is 0.917. The van der Waals surface area contributed by atoms with E-state index in [9.17, 15) is 4.39 Å². The lowest BCUT2D eigenvalue weighted by molar-refractivity contribution is 0.619. The van der Waals surface area contributed by atoms with Crippen LogP contribution in [0.2, 0.25) is 0 Å². The van der Waals surface area contributed by atoms with E-state index in [2.05, 4.69) is 10.0 Å². The van der Waals surface area contributed by atoms with Gasteiger partial charge in [-0.3, -0.25) is 0 Å². The zero-order chi connectivity index (χ0) is 9.84. The molecule has 0 saturated heterocycles. The molecule has 0 aliphatic rings. The Morgan fingerprint density at radius 3 is 2.85 bits per heavy atom. The van der Waals surface area contributed by atoms with Crippen LogP contribution in [0.5, 0.6) is 0 Å². The number of nitrogens with zero attached hydrogens (tertiary/aromatic N) is 4. The highest BCUT2D eigenvalue weighted by Gasteiger charge is 2.07. The molecule has 0 aromatic heterocycles. The summed E-state index contributed by atoms with van der Waals surface area (Å²) in [5.74, 6) is -0.642. The minimum absolute atomic E-state index is 0.0843. The summed E-state index contributed by atoms with van der Waals surface area (Å²) in [5, 5.41) is 11.7. The monoisotopic (exact) mass is 176 g/mol. The number of hydrogen-bond donors (Lipinski definition) is 0. The molecule has 0 heterocycles. The fourth-order valence-corrected chi connectivity index (χ4v) is 0.917. The van der Waals surface area contributed by atoms with Crippen molar-refractivity contribution < 1.29 is 4.39 Å². The maximum absolute atomic E-state index is 13.2. The summed E-state index contributed by atoms with van der Waals surface area (Å²) < 4.78 is 13.2. The number of hydrogen-bond acceptors (Lipinski definition) is 2. The van der Waals surface area contributed by atoms with E-state index in [4.69, 9.17) is 10.8 Å². The van der Waals surface area contributed by atoms with Crippen LogP contribution < -0.4 is 0 Å². The standard InChI is InChI=1S/C8H5FN4/c1-5-6(4-10)2-3-7(8(5)9)12-13-11/h2-3H,1H3.